The fourth-order valence-electron chi connectivity index (χ4n) is 2.00. The van der Waals surface area contributed by atoms with E-state index < -0.39 is 0 Å². The lowest BCUT2D eigenvalue weighted by molar-refractivity contribution is -0.116. The third kappa shape index (κ3) is 5.02. The molecule has 7 heteroatoms. The van der Waals surface area contributed by atoms with Crippen molar-refractivity contribution in [3.63, 3.8) is 0 Å². The van der Waals surface area contributed by atoms with Crippen LogP contribution in [0.25, 0.3) is 11.3 Å². The van der Waals surface area contributed by atoms with Crippen molar-refractivity contribution in [2.24, 2.45) is 5.73 Å². The number of aryl methyl sites for hydroxylation is 1. The summed E-state index contributed by atoms with van der Waals surface area (Å²) >= 11 is 1.46. The topological polar surface area (TPSA) is 86.5 Å². The highest BCUT2D eigenvalue weighted by Gasteiger charge is 2.12. The second-order valence-corrected chi connectivity index (χ2v) is 6.14. The number of carbonyl (C=O) groups is 1. The monoisotopic (exact) mass is 335 g/mol. The van der Waals surface area contributed by atoms with Crippen LogP contribution in [0.5, 0.6) is 5.75 Å². The molecule has 1 aromatic carbocycles. The second-order valence-electron chi connectivity index (χ2n) is 4.94. The number of methoxy groups -OCH3 is 1. The molecule has 1 aromatic heterocycles. The van der Waals surface area contributed by atoms with Crippen LogP contribution in [0.1, 0.15) is 17.7 Å². The Morgan fingerprint density at radius 1 is 1.35 bits per heavy atom. The molecule has 0 fully saturated rings. The van der Waals surface area contributed by atoms with Gasteiger partial charge < -0.3 is 20.5 Å². The summed E-state index contributed by atoms with van der Waals surface area (Å²) in [7, 11) is 1.58. The summed E-state index contributed by atoms with van der Waals surface area (Å²) in [5, 5.41) is 3.43. The van der Waals surface area contributed by atoms with Crippen molar-refractivity contribution in [3.05, 3.63) is 29.1 Å². The van der Waals surface area contributed by atoms with Gasteiger partial charge in [0.1, 0.15) is 5.75 Å². The second kappa shape index (κ2) is 8.61. The lowest BCUT2D eigenvalue weighted by atomic mass is 10.1. The van der Waals surface area contributed by atoms with Crippen molar-refractivity contribution in [2.45, 2.75) is 19.8 Å². The number of anilines is 1. The molecule has 0 radical (unpaired) electrons. The van der Waals surface area contributed by atoms with Crippen LogP contribution in [0.15, 0.2) is 24.3 Å². The number of thiazole rings is 1. The molecule has 3 N–H and O–H groups in total. The van der Waals surface area contributed by atoms with Gasteiger partial charge in [-0.15, -0.1) is 11.3 Å². The van der Waals surface area contributed by atoms with Crippen molar-refractivity contribution >= 4 is 22.4 Å². The Hall–Kier alpha value is -1.96. The maximum absolute atomic E-state index is 11.7. The molecule has 2 aromatic rings. The van der Waals surface area contributed by atoms with Crippen LogP contribution in [-0.2, 0) is 9.53 Å². The average molecular weight is 335 g/mol. The van der Waals surface area contributed by atoms with E-state index in [-0.39, 0.29) is 12.7 Å². The molecule has 124 valence electrons. The lowest BCUT2D eigenvalue weighted by Gasteiger charge is -2.05. The van der Waals surface area contributed by atoms with E-state index in [2.05, 4.69) is 10.3 Å². The number of ether oxygens (including phenoxy) is 2. The molecular weight excluding hydrogens is 314 g/mol. The Kier molecular flexibility index (Phi) is 6.52. The Bertz CT molecular complexity index is 641. The lowest BCUT2D eigenvalue weighted by Crippen LogP contribution is -2.13. The SMILES string of the molecule is COCOc1ccc(-c2nc(NC(=O)CCCN)sc2C)cc1. The first-order valence-corrected chi connectivity index (χ1v) is 8.15. The summed E-state index contributed by atoms with van der Waals surface area (Å²) in [5.74, 6) is 0.679. The van der Waals surface area contributed by atoms with Gasteiger partial charge in [0.25, 0.3) is 0 Å². The summed E-state index contributed by atoms with van der Waals surface area (Å²) in [6.45, 7) is 2.71. The number of benzene rings is 1. The minimum absolute atomic E-state index is 0.0564. The van der Waals surface area contributed by atoms with Crippen molar-refractivity contribution in [3.8, 4) is 17.0 Å². The first-order chi connectivity index (χ1) is 11.1. The molecule has 2 rings (SSSR count). The van der Waals surface area contributed by atoms with E-state index in [9.17, 15) is 4.79 Å². The highest BCUT2D eigenvalue weighted by molar-refractivity contribution is 7.16. The van der Waals surface area contributed by atoms with E-state index in [1.54, 1.807) is 7.11 Å². The Morgan fingerprint density at radius 3 is 2.74 bits per heavy atom. The highest BCUT2D eigenvalue weighted by Crippen LogP contribution is 2.31. The molecule has 0 aliphatic rings. The van der Waals surface area contributed by atoms with Crippen LogP contribution in [0.3, 0.4) is 0 Å². The Labute approximate surface area is 139 Å². The van der Waals surface area contributed by atoms with E-state index in [1.165, 1.54) is 11.3 Å². The summed E-state index contributed by atoms with van der Waals surface area (Å²) in [5.41, 5.74) is 7.25. The highest BCUT2D eigenvalue weighted by atomic mass is 32.1. The normalized spacial score (nSPS) is 10.6. The number of carbonyl (C=O) groups excluding carboxylic acids is 1. The molecule has 0 bridgehead atoms. The fourth-order valence-corrected chi connectivity index (χ4v) is 2.85. The van der Waals surface area contributed by atoms with Gasteiger partial charge in [-0.1, -0.05) is 0 Å². The Balaban J connectivity index is 2.06. The van der Waals surface area contributed by atoms with Crippen LogP contribution >= 0.6 is 11.3 Å². The van der Waals surface area contributed by atoms with Gasteiger partial charge in [-0.25, -0.2) is 4.98 Å². The van der Waals surface area contributed by atoms with Gasteiger partial charge in [0.15, 0.2) is 11.9 Å². The summed E-state index contributed by atoms with van der Waals surface area (Å²) < 4.78 is 10.2. The van der Waals surface area contributed by atoms with Crippen LogP contribution in [0.4, 0.5) is 5.13 Å². The number of amides is 1. The zero-order valence-corrected chi connectivity index (χ0v) is 14.1. The molecule has 0 spiro atoms. The molecule has 0 aliphatic heterocycles. The number of rotatable bonds is 8. The van der Waals surface area contributed by atoms with Gasteiger partial charge in [0.2, 0.25) is 5.91 Å². The van der Waals surface area contributed by atoms with Crippen LogP contribution in [0, 0.1) is 6.92 Å². The maximum Gasteiger partial charge on any atom is 0.226 e. The minimum Gasteiger partial charge on any atom is -0.468 e. The van der Waals surface area contributed by atoms with E-state index in [0.717, 1.165) is 21.9 Å². The molecule has 1 amide bonds. The van der Waals surface area contributed by atoms with Crippen LogP contribution in [0.2, 0.25) is 0 Å². The van der Waals surface area contributed by atoms with E-state index in [1.807, 2.05) is 31.2 Å². The van der Waals surface area contributed by atoms with E-state index in [0.29, 0.717) is 24.5 Å². The smallest absolute Gasteiger partial charge is 0.226 e. The van der Waals surface area contributed by atoms with Crippen molar-refractivity contribution in [1.29, 1.82) is 0 Å². The molecule has 1 heterocycles. The number of hydrogen-bond acceptors (Lipinski definition) is 6. The van der Waals surface area contributed by atoms with Gasteiger partial charge in [-0.05, 0) is 44.2 Å². The van der Waals surface area contributed by atoms with Crippen molar-refractivity contribution in [2.75, 3.05) is 25.8 Å². The van der Waals surface area contributed by atoms with E-state index >= 15 is 0 Å². The molecule has 6 nitrogen and oxygen atoms in total. The predicted molar refractivity (Wildman–Crippen MR) is 91.7 cm³/mol. The van der Waals surface area contributed by atoms with Crippen molar-refractivity contribution in [1.82, 2.24) is 4.98 Å². The molecule has 23 heavy (non-hydrogen) atoms. The quantitative estimate of drug-likeness (QED) is 0.724. The molecule has 0 atom stereocenters. The van der Waals surface area contributed by atoms with Gasteiger partial charge in [0.05, 0.1) is 5.69 Å². The Morgan fingerprint density at radius 2 is 2.09 bits per heavy atom. The summed E-state index contributed by atoms with van der Waals surface area (Å²) in [6, 6.07) is 7.61. The zero-order chi connectivity index (χ0) is 16.7. The molecule has 0 aliphatic carbocycles. The summed E-state index contributed by atoms with van der Waals surface area (Å²) in [4.78, 5) is 17.3. The average Bonchev–Trinajstić information content (AvgIpc) is 2.91. The number of hydrogen-bond donors (Lipinski definition) is 2. The first kappa shape index (κ1) is 17.4. The van der Waals surface area contributed by atoms with Gasteiger partial charge in [0, 0.05) is 24.0 Å². The molecule has 0 saturated heterocycles. The first-order valence-electron chi connectivity index (χ1n) is 7.33. The molecule has 0 unspecified atom stereocenters. The number of nitrogens with zero attached hydrogens (tertiary/aromatic N) is 1. The van der Waals surface area contributed by atoms with Gasteiger partial charge in [-0.2, -0.15) is 0 Å². The van der Waals surface area contributed by atoms with Crippen LogP contribution < -0.4 is 15.8 Å². The largest absolute Gasteiger partial charge is 0.468 e. The van der Waals surface area contributed by atoms with Gasteiger partial charge in [-0.3, -0.25) is 4.79 Å². The maximum atomic E-state index is 11.7. The number of nitrogens with two attached hydrogens (primary N) is 1. The summed E-state index contributed by atoms with van der Waals surface area (Å²) in [6.07, 6.45) is 1.09. The van der Waals surface area contributed by atoms with Crippen LogP contribution in [-0.4, -0.2) is 31.3 Å². The zero-order valence-electron chi connectivity index (χ0n) is 13.3. The minimum atomic E-state index is -0.0564. The fraction of sp³-hybridized carbons (Fsp3) is 0.375. The third-order valence-electron chi connectivity index (χ3n) is 3.12. The number of nitrogens with one attached hydrogen (secondary N) is 1. The van der Waals surface area contributed by atoms with Gasteiger partial charge >= 0.3 is 0 Å². The molecule has 0 saturated carbocycles. The molecular formula is C16H21N3O3S. The third-order valence-corrected chi connectivity index (χ3v) is 4.01. The standard InChI is InChI=1S/C16H21N3O3S/c1-11-15(12-5-7-13(8-6-12)22-10-21-2)19-16(23-11)18-14(20)4-3-9-17/h5-8H,3-4,9-10,17H2,1-2H3,(H,18,19,20). The number of aromatic nitrogens is 1. The van der Waals surface area contributed by atoms with E-state index in [4.69, 9.17) is 15.2 Å². The predicted octanol–water partition coefficient (Wildman–Crippen LogP) is 2.78. The van der Waals surface area contributed by atoms with Crippen molar-refractivity contribution < 1.29 is 14.3 Å².